The molecule has 1 aliphatic carbocycles. The smallest absolute Gasteiger partial charge is 0.255 e. The largest absolute Gasteiger partial charge is 0.494 e. The molecule has 0 bridgehead atoms. The molecule has 1 saturated carbocycles. The Kier molecular flexibility index (Phi) is 6.45. The Morgan fingerprint density at radius 2 is 1.86 bits per heavy atom. The molecule has 2 aromatic rings. The van der Waals surface area contributed by atoms with Crippen LogP contribution in [-0.4, -0.2) is 37.9 Å². The number of hydrogen-bond donors (Lipinski definition) is 2. The predicted octanol–water partition coefficient (Wildman–Crippen LogP) is 3.82. The summed E-state index contributed by atoms with van der Waals surface area (Å²) in [6.45, 7) is 0. The van der Waals surface area contributed by atoms with E-state index in [9.17, 15) is 22.7 Å². The first-order valence-electron chi connectivity index (χ1n) is 9.08. The van der Waals surface area contributed by atoms with Crippen LogP contribution in [0, 0.1) is 5.82 Å². The highest BCUT2D eigenvalue weighted by atomic mass is 35.5. The Bertz CT molecular complexity index is 1020. The molecule has 156 valence electrons. The lowest BCUT2D eigenvalue weighted by atomic mass is 9.97. The van der Waals surface area contributed by atoms with E-state index >= 15 is 0 Å². The van der Waals surface area contributed by atoms with Gasteiger partial charge < -0.3 is 15.2 Å². The quantitative estimate of drug-likeness (QED) is 0.735. The van der Waals surface area contributed by atoms with Crippen LogP contribution in [0.4, 0.5) is 10.1 Å². The topological polar surface area (TPSA) is 92.7 Å². The Hall–Kier alpha value is -2.16. The number of anilines is 1. The predicted molar refractivity (Wildman–Crippen MR) is 108 cm³/mol. The van der Waals surface area contributed by atoms with Gasteiger partial charge in [-0.3, -0.25) is 4.79 Å². The van der Waals surface area contributed by atoms with Crippen LogP contribution in [0.1, 0.15) is 36.0 Å². The number of carbonyl (C=O) groups excluding carboxylic acids is 1. The van der Waals surface area contributed by atoms with Gasteiger partial charge in [0.05, 0.1) is 28.4 Å². The van der Waals surface area contributed by atoms with Crippen molar-refractivity contribution in [2.45, 2.75) is 41.9 Å². The minimum absolute atomic E-state index is 0.0262. The van der Waals surface area contributed by atoms with Crippen LogP contribution in [0.2, 0.25) is 5.02 Å². The third-order valence-electron chi connectivity index (χ3n) is 4.99. The second-order valence-corrected chi connectivity index (χ2v) is 9.53. The molecule has 0 spiro atoms. The molecule has 0 aliphatic heterocycles. The van der Waals surface area contributed by atoms with Crippen LogP contribution < -0.4 is 10.1 Å². The molecule has 1 aliphatic rings. The average Bonchev–Trinajstić information content (AvgIpc) is 2.69. The van der Waals surface area contributed by atoms with Crippen molar-refractivity contribution >= 4 is 33.0 Å². The zero-order valence-corrected chi connectivity index (χ0v) is 17.3. The number of methoxy groups -OCH3 is 1. The SMILES string of the molecule is COc1cc(NC(=O)c2ccc(Cl)c(S(=O)(=O)[C@H]3CC[C@H](O)CC3)c2)ccc1F. The number of hydrogen-bond acceptors (Lipinski definition) is 5. The number of nitrogens with one attached hydrogen (secondary N) is 1. The van der Waals surface area contributed by atoms with Gasteiger partial charge in [0.2, 0.25) is 0 Å². The van der Waals surface area contributed by atoms with E-state index in [1.807, 2.05) is 0 Å². The van der Waals surface area contributed by atoms with Crippen molar-refractivity contribution in [2.75, 3.05) is 12.4 Å². The van der Waals surface area contributed by atoms with Gasteiger partial charge in [-0.2, -0.15) is 0 Å². The number of sulfone groups is 1. The third kappa shape index (κ3) is 4.71. The summed E-state index contributed by atoms with van der Waals surface area (Å²) in [5.41, 5.74) is 0.404. The molecule has 6 nitrogen and oxygen atoms in total. The lowest BCUT2D eigenvalue weighted by Gasteiger charge is -2.25. The first kappa shape index (κ1) is 21.5. The van der Waals surface area contributed by atoms with E-state index in [0.29, 0.717) is 31.4 Å². The molecule has 0 atom stereocenters. The number of halogens is 2. The lowest BCUT2D eigenvalue weighted by Crippen LogP contribution is -2.29. The number of amides is 1. The standard InChI is InChI=1S/C20H21ClFNO5S/c1-28-18-11-13(3-9-17(18)22)23-20(25)12-2-8-16(21)19(10-12)29(26,27)15-6-4-14(24)5-7-15/h2-3,8-11,14-15,24H,4-7H2,1H3,(H,23,25)/t14-,15-. The molecule has 1 fully saturated rings. The van der Waals surface area contributed by atoms with Crippen LogP contribution in [0.25, 0.3) is 0 Å². The number of benzene rings is 2. The molecular formula is C20H21ClFNO5S. The molecule has 0 unspecified atom stereocenters. The van der Waals surface area contributed by atoms with Crippen molar-refractivity contribution in [1.29, 1.82) is 0 Å². The molecule has 2 N–H and O–H groups in total. The van der Waals surface area contributed by atoms with Gasteiger partial charge in [0.15, 0.2) is 21.4 Å². The van der Waals surface area contributed by atoms with Crippen LogP contribution in [0.3, 0.4) is 0 Å². The van der Waals surface area contributed by atoms with E-state index in [1.165, 1.54) is 37.4 Å². The van der Waals surface area contributed by atoms with Gasteiger partial charge in [-0.15, -0.1) is 0 Å². The van der Waals surface area contributed by atoms with Gasteiger partial charge in [-0.1, -0.05) is 11.6 Å². The highest BCUT2D eigenvalue weighted by molar-refractivity contribution is 7.92. The van der Waals surface area contributed by atoms with Crippen molar-refractivity contribution in [3.8, 4) is 5.75 Å². The number of rotatable bonds is 5. The van der Waals surface area contributed by atoms with Crippen molar-refractivity contribution in [2.24, 2.45) is 0 Å². The Labute approximate surface area is 173 Å². The summed E-state index contributed by atoms with van der Waals surface area (Å²) >= 11 is 6.13. The van der Waals surface area contributed by atoms with Gasteiger partial charge in [0.1, 0.15) is 0 Å². The summed E-state index contributed by atoms with van der Waals surface area (Å²) in [4.78, 5) is 12.5. The van der Waals surface area contributed by atoms with Gasteiger partial charge in [-0.05, 0) is 56.0 Å². The van der Waals surface area contributed by atoms with E-state index in [2.05, 4.69) is 5.32 Å². The maximum Gasteiger partial charge on any atom is 0.255 e. The van der Waals surface area contributed by atoms with Crippen molar-refractivity contribution in [3.05, 3.63) is 52.8 Å². The first-order valence-corrected chi connectivity index (χ1v) is 11.0. The summed E-state index contributed by atoms with van der Waals surface area (Å²) in [5, 5.41) is 11.6. The second kappa shape index (κ2) is 8.69. The molecule has 2 aromatic carbocycles. The fourth-order valence-corrected chi connectivity index (χ4v) is 5.66. The summed E-state index contributed by atoms with van der Waals surface area (Å²) < 4.78 is 44.4. The Balaban J connectivity index is 1.85. The van der Waals surface area contributed by atoms with E-state index in [1.54, 1.807) is 0 Å². The van der Waals surface area contributed by atoms with Gasteiger partial charge in [-0.25, -0.2) is 12.8 Å². The number of ether oxygens (including phenoxy) is 1. The normalized spacial score (nSPS) is 19.6. The summed E-state index contributed by atoms with van der Waals surface area (Å²) in [6, 6.07) is 7.89. The molecule has 29 heavy (non-hydrogen) atoms. The van der Waals surface area contributed by atoms with E-state index in [4.69, 9.17) is 16.3 Å². The highest BCUT2D eigenvalue weighted by Crippen LogP contribution is 2.33. The maximum absolute atomic E-state index is 13.5. The van der Waals surface area contributed by atoms with Crippen molar-refractivity contribution in [3.63, 3.8) is 0 Å². The van der Waals surface area contributed by atoms with Gasteiger partial charge in [0.25, 0.3) is 5.91 Å². The van der Waals surface area contributed by atoms with Crippen LogP contribution in [-0.2, 0) is 9.84 Å². The Morgan fingerprint density at radius 3 is 2.52 bits per heavy atom. The number of aliphatic hydroxyl groups excluding tert-OH is 1. The maximum atomic E-state index is 13.5. The minimum Gasteiger partial charge on any atom is -0.494 e. The third-order valence-corrected chi connectivity index (χ3v) is 7.73. The molecule has 3 rings (SSSR count). The van der Waals surface area contributed by atoms with Crippen LogP contribution in [0.5, 0.6) is 5.75 Å². The lowest BCUT2D eigenvalue weighted by molar-refractivity contribution is 0.102. The van der Waals surface area contributed by atoms with Crippen LogP contribution in [0.15, 0.2) is 41.3 Å². The molecular weight excluding hydrogens is 421 g/mol. The molecule has 9 heteroatoms. The molecule has 0 aromatic heterocycles. The zero-order chi connectivity index (χ0) is 21.2. The molecule has 0 heterocycles. The minimum atomic E-state index is -3.75. The summed E-state index contributed by atoms with van der Waals surface area (Å²) in [6.07, 6.45) is 1.01. The first-order chi connectivity index (χ1) is 13.7. The van der Waals surface area contributed by atoms with Gasteiger partial charge in [0, 0.05) is 17.3 Å². The Morgan fingerprint density at radius 1 is 1.17 bits per heavy atom. The van der Waals surface area contributed by atoms with Crippen LogP contribution >= 0.6 is 11.6 Å². The number of carbonyl (C=O) groups is 1. The van der Waals surface area contributed by atoms with Crippen molar-refractivity contribution in [1.82, 2.24) is 0 Å². The van der Waals surface area contributed by atoms with Crippen molar-refractivity contribution < 1.29 is 27.4 Å². The average molecular weight is 442 g/mol. The zero-order valence-electron chi connectivity index (χ0n) is 15.7. The summed E-state index contributed by atoms with van der Waals surface area (Å²) in [7, 11) is -2.44. The monoisotopic (exact) mass is 441 g/mol. The molecule has 0 saturated heterocycles. The molecule has 0 radical (unpaired) electrons. The number of aliphatic hydroxyl groups is 1. The fourth-order valence-electron chi connectivity index (χ4n) is 3.34. The van der Waals surface area contributed by atoms with E-state index in [0.717, 1.165) is 6.07 Å². The summed E-state index contributed by atoms with van der Waals surface area (Å²) in [5.74, 6) is -1.16. The molecule has 1 amide bonds. The van der Waals surface area contributed by atoms with Gasteiger partial charge >= 0.3 is 0 Å². The fraction of sp³-hybridized carbons (Fsp3) is 0.350. The van der Waals surface area contributed by atoms with E-state index < -0.39 is 32.9 Å². The highest BCUT2D eigenvalue weighted by Gasteiger charge is 2.33. The second-order valence-electron chi connectivity index (χ2n) is 6.92. The van der Waals surface area contributed by atoms with E-state index in [-0.39, 0.29) is 21.2 Å².